The Morgan fingerprint density at radius 2 is 1.68 bits per heavy atom. The van der Waals surface area contributed by atoms with E-state index in [1.165, 1.54) is 18.2 Å². The zero-order chi connectivity index (χ0) is 27.2. The van der Waals surface area contributed by atoms with Gasteiger partial charge in [-0.25, -0.2) is 17.2 Å². The highest BCUT2D eigenvalue weighted by molar-refractivity contribution is 7.92. The molecule has 1 unspecified atom stereocenters. The molecule has 0 heterocycles. The molecule has 0 spiro atoms. The van der Waals surface area contributed by atoms with Crippen molar-refractivity contribution in [1.82, 2.24) is 0 Å². The first kappa shape index (κ1) is 26.8. The normalized spacial score (nSPS) is 24.8. The van der Waals surface area contributed by atoms with Crippen molar-refractivity contribution in [3.05, 3.63) is 94.0 Å². The number of benzene rings is 3. The molecular weight excluding hydrogens is 532 g/mol. The van der Waals surface area contributed by atoms with Crippen molar-refractivity contribution < 1.29 is 27.1 Å². The minimum atomic E-state index is -3.93. The molecule has 1 amide bonds. The zero-order valence-electron chi connectivity index (χ0n) is 20.8. The molecule has 2 aliphatic carbocycles. The largest absolute Gasteiger partial charge is 0.390 e. The Balaban J connectivity index is 1.53. The van der Waals surface area contributed by atoms with Gasteiger partial charge in [0.2, 0.25) is 0 Å². The number of carbonyl (C=O) groups is 1. The first-order chi connectivity index (χ1) is 18.0. The van der Waals surface area contributed by atoms with Crippen LogP contribution in [0.5, 0.6) is 0 Å². The van der Waals surface area contributed by atoms with Crippen molar-refractivity contribution >= 4 is 33.0 Å². The topological polar surface area (TPSA) is 83.5 Å². The molecule has 0 radical (unpaired) electrons. The van der Waals surface area contributed by atoms with Crippen molar-refractivity contribution in [2.75, 3.05) is 5.32 Å². The second-order valence-corrected chi connectivity index (χ2v) is 13.1. The molecule has 9 heteroatoms. The lowest BCUT2D eigenvalue weighted by Gasteiger charge is -2.40. The van der Waals surface area contributed by atoms with E-state index in [1.54, 1.807) is 6.92 Å². The Morgan fingerprint density at radius 1 is 1.03 bits per heavy atom. The van der Waals surface area contributed by atoms with Gasteiger partial charge >= 0.3 is 0 Å². The summed E-state index contributed by atoms with van der Waals surface area (Å²) in [7, 11) is -3.93. The third-order valence-corrected chi connectivity index (χ3v) is 10.8. The van der Waals surface area contributed by atoms with E-state index in [0.29, 0.717) is 24.8 Å². The van der Waals surface area contributed by atoms with Crippen LogP contribution < -0.4 is 5.32 Å². The third-order valence-electron chi connectivity index (χ3n) is 8.17. The van der Waals surface area contributed by atoms with Gasteiger partial charge in [-0.2, -0.15) is 0 Å². The number of anilines is 1. The molecular formula is C29H28ClF2NO4S. The molecule has 0 saturated heterocycles. The van der Waals surface area contributed by atoms with E-state index in [-0.39, 0.29) is 33.0 Å². The first-order valence-electron chi connectivity index (χ1n) is 12.6. The number of fused-ring (bicyclic) bond motifs is 2. The molecule has 2 saturated carbocycles. The molecule has 2 N–H and O–H groups in total. The average Bonchev–Trinajstić information content (AvgIpc) is 3.02. The summed E-state index contributed by atoms with van der Waals surface area (Å²) in [6.07, 6.45) is 2.50. The summed E-state index contributed by atoms with van der Waals surface area (Å²) in [5, 5.41) is 12.7. The Labute approximate surface area is 225 Å². The standard InChI is InChI=1S/C29H28ClF2NO4S/c1-29(35)19-7-8-20(29)14-22(13-19)38(36,37)27-16-23(28(34)33-21-9-10-25(31)26(32)15-21)18(12-24(27)30)11-17-5-3-2-4-6-17/h2-6,9-10,12,15-16,19-20,22,35H,7-8,11,13-14H2,1H3,(H,33,34)/t19-,20?,22-,29-/m0/s1. The quantitative estimate of drug-likeness (QED) is 0.378. The molecule has 5 rings (SSSR count). The van der Waals surface area contributed by atoms with Crippen LogP contribution in [0.4, 0.5) is 14.5 Å². The van der Waals surface area contributed by atoms with Crippen LogP contribution in [0, 0.1) is 23.5 Å². The summed E-state index contributed by atoms with van der Waals surface area (Å²) in [6, 6.07) is 15.1. The highest BCUT2D eigenvalue weighted by atomic mass is 35.5. The fourth-order valence-electron chi connectivity index (χ4n) is 5.96. The monoisotopic (exact) mass is 559 g/mol. The lowest BCUT2D eigenvalue weighted by Crippen LogP contribution is -2.45. The van der Waals surface area contributed by atoms with Crippen LogP contribution in [0.1, 0.15) is 54.1 Å². The first-order valence-corrected chi connectivity index (χ1v) is 14.5. The number of aliphatic hydroxyl groups is 1. The van der Waals surface area contributed by atoms with Crippen molar-refractivity contribution in [2.24, 2.45) is 11.8 Å². The van der Waals surface area contributed by atoms with E-state index in [4.69, 9.17) is 11.6 Å². The molecule has 2 aliphatic rings. The Morgan fingerprint density at radius 3 is 2.32 bits per heavy atom. The van der Waals surface area contributed by atoms with E-state index >= 15 is 0 Å². The van der Waals surface area contributed by atoms with Crippen LogP contribution in [0.15, 0.2) is 65.6 Å². The summed E-state index contributed by atoms with van der Waals surface area (Å²) < 4.78 is 54.8. The van der Waals surface area contributed by atoms with Gasteiger partial charge in [-0.15, -0.1) is 0 Å². The van der Waals surface area contributed by atoms with Crippen molar-refractivity contribution in [3.63, 3.8) is 0 Å². The average molecular weight is 560 g/mol. The summed E-state index contributed by atoms with van der Waals surface area (Å²) >= 11 is 6.57. The lowest BCUT2D eigenvalue weighted by molar-refractivity contribution is -0.0413. The number of sulfone groups is 1. The summed E-state index contributed by atoms with van der Waals surface area (Å²) in [4.78, 5) is 13.2. The number of hydrogen-bond donors (Lipinski definition) is 2. The summed E-state index contributed by atoms with van der Waals surface area (Å²) in [5.74, 6) is -3.06. The second-order valence-electron chi connectivity index (χ2n) is 10.5. The fourth-order valence-corrected chi connectivity index (χ4v) is 8.41. The van der Waals surface area contributed by atoms with Crippen LogP contribution in [0.3, 0.4) is 0 Å². The highest BCUT2D eigenvalue weighted by Gasteiger charge is 2.53. The second kappa shape index (κ2) is 10.1. The van der Waals surface area contributed by atoms with Crippen LogP contribution in [-0.4, -0.2) is 30.3 Å². The van der Waals surface area contributed by atoms with Crippen molar-refractivity contribution in [1.29, 1.82) is 0 Å². The van der Waals surface area contributed by atoms with Gasteiger partial charge in [-0.1, -0.05) is 41.9 Å². The number of rotatable bonds is 6. The van der Waals surface area contributed by atoms with E-state index < -0.39 is 38.2 Å². The predicted octanol–water partition coefficient (Wildman–Crippen LogP) is 6.17. The molecule has 3 aromatic carbocycles. The van der Waals surface area contributed by atoms with Gasteiger partial charge in [0.05, 0.1) is 20.8 Å². The Kier molecular flexibility index (Phi) is 7.09. The van der Waals surface area contributed by atoms with Gasteiger partial charge in [0.15, 0.2) is 21.5 Å². The molecule has 0 aromatic heterocycles. The van der Waals surface area contributed by atoms with Gasteiger partial charge in [0.25, 0.3) is 5.91 Å². The smallest absolute Gasteiger partial charge is 0.255 e. The fraction of sp³-hybridized carbons (Fsp3) is 0.345. The van der Waals surface area contributed by atoms with Gasteiger partial charge < -0.3 is 10.4 Å². The predicted molar refractivity (Wildman–Crippen MR) is 142 cm³/mol. The molecule has 4 atom stereocenters. The molecule has 2 bridgehead atoms. The molecule has 5 nitrogen and oxygen atoms in total. The van der Waals surface area contributed by atoms with E-state index in [2.05, 4.69) is 5.32 Å². The van der Waals surface area contributed by atoms with Gasteiger partial charge in [-0.05, 0) is 86.3 Å². The maximum absolute atomic E-state index is 13.8. The third kappa shape index (κ3) is 4.97. The Bertz CT molecular complexity index is 1480. The minimum absolute atomic E-state index is 0.0185. The Hall–Kier alpha value is -2.81. The van der Waals surface area contributed by atoms with E-state index in [0.717, 1.165) is 30.5 Å². The zero-order valence-corrected chi connectivity index (χ0v) is 22.3. The van der Waals surface area contributed by atoms with Crippen LogP contribution in [0.2, 0.25) is 5.02 Å². The van der Waals surface area contributed by atoms with Crippen molar-refractivity contribution in [2.45, 2.75) is 54.8 Å². The van der Waals surface area contributed by atoms with E-state index in [1.807, 2.05) is 30.3 Å². The molecule has 0 aliphatic heterocycles. The molecule has 200 valence electrons. The van der Waals surface area contributed by atoms with Crippen molar-refractivity contribution in [3.8, 4) is 0 Å². The minimum Gasteiger partial charge on any atom is -0.390 e. The van der Waals surface area contributed by atoms with Crippen LogP contribution >= 0.6 is 11.6 Å². The maximum atomic E-state index is 13.8. The molecule has 3 aromatic rings. The molecule has 2 fully saturated rings. The van der Waals surface area contributed by atoms with E-state index in [9.17, 15) is 27.1 Å². The maximum Gasteiger partial charge on any atom is 0.255 e. The summed E-state index contributed by atoms with van der Waals surface area (Å²) in [6.45, 7) is 1.78. The van der Waals surface area contributed by atoms with Gasteiger partial charge in [0, 0.05) is 17.3 Å². The highest BCUT2D eigenvalue weighted by Crippen LogP contribution is 2.52. The molecule has 38 heavy (non-hydrogen) atoms. The van der Waals surface area contributed by atoms with Crippen LogP contribution in [-0.2, 0) is 16.3 Å². The van der Waals surface area contributed by atoms with Crippen LogP contribution in [0.25, 0.3) is 0 Å². The lowest BCUT2D eigenvalue weighted by atomic mass is 9.76. The van der Waals surface area contributed by atoms with Gasteiger partial charge in [-0.3, -0.25) is 4.79 Å². The number of nitrogens with one attached hydrogen (secondary N) is 1. The SMILES string of the molecule is C[C@@]1(O)C2CC[C@H]1C[C@H](S(=O)(=O)c1cc(C(=O)Nc3ccc(F)c(F)c3)c(Cc3ccccc3)cc1Cl)C2. The van der Waals surface area contributed by atoms with Gasteiger partial charge in [0.1, 0.15) is 0 Å². The summed E-state index contributed by atoms with van der Waals surface area (Å²) in [5.41, 5.74) is 0.599. The number of halogens is 3. The number of hydrogen-bond acceptors (Lipinski definition) is 4. The number of amides is 1. The number of carbonyl (C=O) groups excluding carboxylic acids is 1.